The summed E-state index contributed by atoms with van der Waals surface area (Å²) >= 11 is 1.15. The number of primary sulfonamides is 1. The highest BCUT2D eigenvalue weighted by molar-refractivity contribution is 7.91. The van der Waals surface area contributed by atoms with Gasteiger partial charge < -0.3 is 5.32 Å². The number of carbonyl (C=O) groups excluding carboxylic acids is 1. The quantitative estimate of drug-likeness (QED) is 0.805. The topological polar surface area (TPSA) is 89.3 Å². The highest BCUT2D eigenvalue weighted by Gasteiger charge is 2.18. The average Bonchev–Trinajstić information content (AvgIpc) is 2.88. The summed E-state index contributed by atoms with van der Waals surface area (Å²) in [7, 11) is -3.62. The van der Waals surface area contributed by atoms with E-state index in [0.717, 1.165) is 35.5 Å². The number of carbonyl (C=O) groups is 1. The molecule has 0 saturated carbocycles. The van der Waals surface area contributed by atoms with E-state index in [4.69, 9.17) is 5.14 Å². The Hall–Kier alpha value is -1.18. The van der Waals surface area contributed by atoms with Crippen molar-refractivity contribution in [2.75, 3.05) is 6.54 Å². The molecule has 1 atom stereocenters. The molecule has 1 amide bonds. The molecule has 7 heteroatoms. The van der Waals surface area contributed by atoms with Crippen LogP contribution in [0.4, 0.5) is 0 Å². The van der Waals surface area contributed by atoms with Crippen molar-refractivity contribution in [1.29, 1.82) is 0 Å². The summed E-state index contributed by atoms with van der Waals surface area (Å²) in [4.78, 5) is 12.8. The number of amides is 1. The van der Waals surface area contributed by atoms with Gasteiger partial charge >= 0.3 is 0 Å². The summed E-state index contributed by atoms with van der Waals surface area (Å²) in [5, 5.41) is 7.95. The molecular formula is C13H18N2O3S2. The van der Waals surface area contributed by atoms with Crippen LogP contribution in [0, 0.1) is 5.92 Å². The lowest BCUT2D eigenvalue weighted by Gasteiger charge is -2.16. The van der Waals surface area contributed by atoms with Crippen molar-refractivity contribution in [3.8, 4) is 0 Å². The normalized spacial score (nSPS) is 18.9. The van der Waals surface area contributed by atoms with Crippen molar-refractivity contribution in [3.63, 3.8) is 0 Å². The van der Waals surface area contributed by atoms with Crippen molar-refractivity contribution in [2.24, 2.45) is 11.1 Å². The minimum atomic E-state index is -3.62. The number of rotatable bonds is 5. The van der Waals surface area contributed by atoms with Crippen LogP contribution in [-0.2, 0) is 21.2 Å². The molecule has 0 fully saturated rings. The van der Waals surface area contributed by atoms with Gasteiger partial charge in [0.2, 0.25) is 15.9 Å². The maximum atomic E-state index is 11.9. The van der Waals surface area contributed by atoms with Gasteiger partial charge in [-0.05, 0) is 37.8 Å². The highest BCUT2D eigenvalue weighted by Crippen LogP contribution is 2.21. The van der Waals surface area contributed by atoms with Gasteiger partial charge in [-0.1, -0.05) is 12.2 Å². The number of thiophene rings is 1. The van der Waals surface area contributed by atoms with Gasteiger partial charge in [-0.2, -0.15) is 0 Å². The Balaban J connectivity index is 1.79. The van der Waals surface area contributed by atoms with Crippen molar-refractivity contribution in [3.05, 3.63) is 29.2 Å². The number of nitrogens with two attached hydrogens (primary N) is 1. The molecule has 1 aliphatic carbocycles. The van der Waals surface area contributed by atoms with Crippen molar-refractivity contribution in [2.45, 2.75) is 29.9 Å². The molecule has 1 aromatic rings. The third-order valence-electron chi connectivity index (χ3n) is 3.23. The Morgan fingerprint density at radius 2 is 2.20 bits per heavy atom. The van der Waals surface area contributed by atoms with Crippen LogP contribution in [0.5, 0.6) is 0 Å². The second-order valence-electron chi connectivity index (χ2n) is 4.79. The van der Waals surface area contributed by atoms with Crippen molar-refractivity contribution >= 4 is 27.3 Å². The van der Waals surface area contributed by atoms with Crippen LogP contribution in [0.2, 0.25) is 0 Å². The third kappa shape index (κ3) is 4.16. The Kier molecular flexibility index (Phi) is 4.95. The molecule has 0 unspecified atom stereocenters. The zero-order valence-corrected chi connectivity index (χ0v) is 12.7. The smallest absolute Gasteiger partial charge is 0.247 e. The predicted molar refractivity (Wildman–Crippen MR) is 78.9 cm³/mol. The Labute approximate surface area is 122 Å². The fourth-order valence-electron chi connectivity index (χ4n) is 2.13. The van der Waals surface area contributed by atoms with E-state index in [9.17, 15) is 13.2 Å². The fraction of sp³-hybridized carbons (Fsp3) is 0.462. The number of nitrogens with one attached hydrogen (secondary N) is 1. The molecule has 0 bridgehead atoms. The van der Waals surface area contributed by atoms with Gasteiger partial charge in [-0.25, -0.2) is 13.6 Å². The molecule has 0 radical (unpaired) electrons. The summed E-state index contributed by atoms with van der Waals surface area (Å²) in [6.45, 7) is 0.517. The summed E-state index contributed by atoms with van der Waals surface area (Å²) in [6.07, 6.45) is 7.43. The van der Waals surface area contributed by atoms with E-state index in [-0.39, 0.29) is 16.0 Å². The van der Waals surface area contributed by atoms with Crippen LogP contribution in [0.25, 0.3) is 0 Å². The molecule has 0 saturated heterocycles. The summed E-state index contributed by atoms with van der Waals surface area (Å²) in [5.74, 6) is 0.154. The van der Waals surface area contributed by atoms with Gasteiger partial charge in [-0.15, -0.1) is 11.3 Å². The monoisotopic (exact) mass is 314 g/mol. The van der Waals surface area contributed by atoms with E-state index in [1.807, 2.05) is 6.08 Å². The van der Waals surface area contributed by atoms with Crippen LogP contribution in [0.15, 0.2) is 28.5 Å². The van der Waals surface area contributed by atoms with Crippen LogP contribution < -0.4 is 10.5 Å². The van der Waals surface area contributed by atoms with Crippen LogP contribution in [0.3, 0.4) is 0 Å². The number of sulfonamides is 1. The maximum Gasteiger partial charge on any atom is 0.247 e. The van der Waals surface area contributed by atoms with Gasteiger partial charge in [0, 0.05) is 17.3 Å². The molecule has 0 aromatic carbocycles. The van der Waals surface area contributed by atoms with Crippen LogP contribution in [0.1, 0.15) is 24.1 Å². The Bertz CT molecular complexity index is 605. The van der Waals surface area contributed by atoms with Crippen molar-refractivity contribution < 1.29 is 13.2 Å². The molecule has 1 aromatic heterocycles. The van der Waals surface area contributed by atoms with Gasteiger partial charge in [0.25, 0.3) is 0 Å². The summed E-state index contributed by atoms with van der Waals surface area (Å²) in [5.41, 5.74) is 0. The zero-order valence-electron chi connectivity index (χ0n) is 11.0. The van der Waals surface area contributed by atoms with E-state index in [0.29, 0.717) is 13.0 Å². The van der Waals surface area contributed by atoms with Crippen LogP contribution in [-0.4, -0.2) is 20.9 Å². The lowest BCUT2D eigenvalue weighted by molar-refractivity contribution is -0.125. The first kappa shape index (κ1) is 15.2. The van der Waals surface area contributed by atoms with E-state index < -0.39 is 10.0 Å². The molecule has 110 valence electrons. The standard InChI is InChI=1S/C13H18N2O3S2/c14-20(17,18)12-7-6-11(19-12)8-9-15-13(16)10-4-2-1-3-5-10/h1-2,6-7,10H,3-5,8-9H2,(H,15,16)(H2,14,17,18)/t10-/m0/s1. The van der Waals surface area contributed by atoms with Crippen molar-refractivity contribution in [1.82, 2.24) is 5.32 Å². The van der Waals surface area contributed by atoms with Crippen LogP contribution >= 0.6 is 11.3 Å². The predicted octanol–water partition coefficient (Wildman–Crippen LogP) is 1.41. The second kappa shape index (κ2) is 6.51. The number of allylic oxidation sites excluding steroid dienone is 2. The molecule has 0 spiro atoms. The minimum Gasteiger partial charge on any atom is -0.355 e. The first-order valence-electron chi connectivity index (χ1n) is 6.51. The molecule has 20 heavy (non-hydrogen) atoms. The first-order valence-corrected chi connectivity index (χ1v) is 8.87. The summed E-state index contributed by atoms with van der Waals surface area (Å²) in [6, 6.07) is 3.24. The lowest BCUT2D eigenvalue weighted by Crippen LogP contribution is -2.32. The Morgan fingerprint density at radius 1 is 1.40 bits per heavy atom. The van der Waals surface area contributed by atoms with E-state index >= 15 is 0 Å². The van der Waals surface area contributed by atoms with Gasteiger partial charge in [0.05, 0.1) is 0 Å². The summed E-state index contributed by atoms with van der Waals surface area (Å²) < 4.78 is 22.5. The molecular weight excluding hydrogens is 296 g/mol. The fourth-order valence-corrected chi connectivity index (χ4v) is 3.91. The molecule has 1 aliphatic rings. The molecule has 2 rings (SSSR count). The molecule has 1 heterocycles. The maximum absolute atomic E-state index is 11.9. The van der Waals surface area contributed by atoms with Gasteiger partial charge in [-0.3, -0.25) is 4.79 Å². The minimum absolute atomic E-state index is 0.0725. The first-order chi connectivity index (χ1) is 9.47. The molecule has 0 aliphatic heterocycles. The van der Waals surface area contributed by atoms with E-state index in [1.165, 1.54) is 6.07 Å². The molecule has 5 nitrogen and oxygen atoms in total. The lowest BCUT2D eigenvalue weighted by atomic mass is 9.94. The third-order valence-corrected chi connectivity index (χ3v) is 5.81. The average molecular weight is 314 g/mol. The molecule has 3 N–H and O–H groups in total. The Morgan fingerprint density at radius 3 is 2.80 bits per heavy atom. The van der Waals surface area contributed by atoms with E-state index in [1.54, 1.807) is 6.07 Å². The number of hydrogen-bond donors (Lipinski definition) is 2. The van der Waals surface area contributed by atoms with Gasteiger partial charge in [0.15, 0.2) is 0 Å². The SMILES string of the molecule is NS(=O)(=O)c1ccc(CCNC(=O)[C@H]2CC=CCC2)s1. The highest BCUT2D eigenvalue weighted by atomic mass is 32.2. The second-order valence-corrected chi connectivity index (χ2v) is 7.74. The largest absolute Gasteiger partial charge is 0.355 e. The van der Waals surface area contributed by atoms with E-state index in [2.05, 4.69) is 11.4 Å². The zero-order chi connectivity index (χ0) is 14.6. The van der Waals surface area contributed by atoms with Gasteiger partial charge in [0.1, 0.15) is 4.21 Å². The number of hydrogen-bond acceptors (Lipinski definition) is 4.